The van der Waals surface area contributed by atoms with E-state index in [1.807, 2.05) is 14.0 Å². The van der Waals surface area contributed by atoms with Crippen LogP contribution >= 0.6 is 0 Å². The molecule has 0 aliphatic heterocycles. The van der Waals surface area contributed by atoms with Gasteiger partial charge in [-0.3, -0.25) is 0 Å². The predicted molar refractivity (Wildman–Crippen MR) is 135 cm³/mol. The number of hydrogen-bond acceptors (Lipinski definition) is 7. The van der Waals surface area contributed by atoms with Crippen molar-refractivity contribution in [2.45, 2.75) is 64.8 Å². The van der Waals surface area contributed by atoms with Gasteiger partial charge in [-0.05, 0) is 87.5 Å². The fourth-order valence-corrected chi connectivity index (χ4v) is 4.10. The highest BCUT2D eigenvalue weighted by atomic mass is 16.5. The third kappa shape index (κ3) is 7.28. The molecule has 2 N–H and O–H groups in total. The van der Waals surface area contributed by atoms with Crippen molar-refractivity contribution in [1.29, 1.82) is 5.26 Å². The summed E-state index contributed by atoms with van der Waals surface area (Å²) in [4.78, 5) is 15.3. The number of aliphatic hydroxyl groups excluding tert-OH is 2. The molecule has 2 aromatic rings. The summed E-state index contributed by atoms with van der Waals surface area (Å²) in [7, 11) is 3.69. The molecule has 0 bridgehead atoms. The summed E-state index contributed by atoms with van der Waals surface area (Å²) in [6.45, 7) is 6.51. The average Bonchev–Trinajstić information content (AvgIpc) is 2.85. The fourth-order valence-electron chi connectivity index (χ4n) is 4.10. The lowest BCUT2D eigenvalue weighted by molar-refractivity contribution is -0.152. The Kier molecular flexibility index (Phi) is 10.7. The first kappa shape index (κ1) is 28.3. The standard InChI is InChI=1S/C28H38N2O5/c1-20(2)35-27(33)28(19-29,25-10-9-23(17-31)24(16-25)18-32)12-6-13-30(4)14-11-22-8-7-21(3)26(15-22)34-5/h7-10,15-16,20,31-32H,6,11-14,17-18H2,1-5H3. The zero-order valence-corrected chi connectivity index (χ0v) is 21.5. The molecule has 7 heteroatoms. The number of carbonyl (C=O) groups excluding carboxylic acids is 1. The topological polar surface area (TPSA) is 103 Å². The van der Waals surface area contributed by atoms with Gasteiger partial charge in [0.25, 0.3) is 0 Å². The van der Waals surface area contributed by atoms with E-state index in [0.29, 0.717) is 29.7 Å². The van der Waals surface area contributed by atoms with Gasteiger partial charge in [0, 0.05) is 6.54 Å². The van der Waals surface area contributed by atoms with E-state index < -0.39 is 11.4 Å². The van der Waals surface area contributed by atoms with E-state index in [9.17, 15) is 20.3 Å². The van der Waals surface area contributed by atoms with Crippen molar-refractivity contribution in [1.82, 2.24) is 4.90 Å². The molecule has 0 radical (unpaired) electrons. The molecule has 1 unspecified atom stereocenters. The van der Waals surface area contributed by atoms with Crippen molar-refractivity contribution < 1.29 is 24.5 Å². The summed E-state index contributed by atoms with van der Waals surface area (Å²) in [6, 6.07) is 13.4. The van der Waals surface area contributed by atoms with Crippen LogP contribution in [0.1, 0.15) is 54.5 Å². The molecule has 0 aromatic heterocycles. The van der Waals surface area contributed by atoms with Gasteiger partial charge in [0.05, 0.1) is 32.5 Å². The van der Waals surface area contributed by atoms with E-state index in [4.69, 9.17) is 9.47 Å². The molecule has 0 saturated carbocycles. The molecule has 7 nitrogen and oxygen atoms in total. The minimum Gasteiger partial charge on any atom is -0.496 e. The lowest BCUT2D eigenvalue weighted by Gasteiger charge is -2.28. The quantitative estimate of drug-likeness (QED) is 0.420. The van der Waals surface area contributed by atoms with E-state index in [-0.39, 0.29) is 25.7 Å². The second-order valence-corrected chi connectivity index (χ2v) is 9.23. The van der Waals surface area contributed by atoms with Gasteiger partial charge >= 0.3 is 5.97 Å². The number of rotatable bonds is 13. The number of likely N-dealkylation sites (N-methyl/N-ethyl adjacent to an activating group) is 1. The molecule has 0 aliphatic rings. The number of hydrogen-bond donors (Lipinski definition) is 2. The third-order valence-electron chi connectivity index (χ3n) is 6.27. The maximum Gasteiger partial charge on any atom is 0.331 e. The van der Waals surface area contributed by atoms with Crippen LogP contribution in [0.3, 0.4) is 0 Å². The second kappa shape index (κ2) is 13.2. The fraction of sp³-hybridized carbons (Fsp3) is 0.500. The highest BCUT2D eigenvalue weighted by molar-refractivity contribution is 5.87. The lowest BCUT2D eigenvalue weighted by Crippen LogP contribution is -2.38. The zero-order chi connectivity index (χ0) is 26.0. The second-order valence-electron chi connectivity index (χ2n) is 9.23. The highest BCUT2D eigenvalue weighted by Crippen LogP contribution is 2.33. The van der Waals surface area contributed by atoms with Crippen molar-refractivity contribution in [3.8, 4) is 11.8 Å². The average molecular weight is 483 g/mol. The smallest absolute Gasteiger partial charge is 0.331 e. The Bertz CT molecular complexity index is 1030. The van der Waals surface area contributed by atoms with E-state index in [1.54, 1.807) is 39.2 Å². The molecule has 2 rings (SSSR count). The number of carbonyl (C=O) groups is 1. The Hall–Kier alpha value is -2.92. The van der Waals surface area contributed by atoms with Gasteiger partial charge in [-0.2, -0.15) is 5.26 Å². The Morgan fingerprint density at radius 2 is 1.83 bits per heavy atom. The molecule has 190 valence electrons. The van der Waals surface area contributed by atoms with Crippen LogP contribution in [0.15, 0.2) is 36.4 Å². The van der Waals surface area contributed by atoms with E-state index >= 15 is 0 Å². The first-order valence-electron chi connectivity index (χ1n) is 12.0. The van der Waals surface area contributed by atoms with Gasteiger partial charge in [0.15, 0.2) is 5.41 Å². The number of methoxy groups -OCH3 is 1. The van der Waals surface area contributed by atoms with Crippen LogP contribution in [-0.2, 0) is 34.6 Å². The van der Waals surface area contributed by atoms with E-state index in [1.165, 1.54) is 5.56 Å². The number of benzene rings is 2. The largest absolute Gasteiger partial charge is 0.496 e. The zero-order valence-electron chi connectivity index (χ0n) is 21.5. The number of nitrogens with zero attached hydrogens (tertiary/aromatic N) is 2. The van der Waals surface area contributed by atoms with Crippen LogP contribution in [0, 0.1) is 18.3 Å². The molecule has 0 saturated heterocycles. The SMILES string of the molecule is COc1cc(CCN(C)CCCC(C#N)(C(=O)OC(C)C)c2ccc(CO)c(CO)c2)ccc1C. The monoisotopic (exact) mass is 482 g/mol. The number of ether oxygens (including phenoxy) is 2. The van der Waals surface area contributed by atoms with Crippen LogP contribution < -0.4 is 4.74 Å². The van der Waals surface area contributed by atoms with E-state index in [2.05, 4.69) is 29.2 Å². The molecule has 2 aromatic carbocycles. The van der Waals surface area contributed by atoms with Gasteiger partial charge in [-0.25, -0.2) is 4.79 Å². The minimum atomic E-state index is -1.49. The van der Waals surface area contributed by atoms with Crippen molar-refractivity contribution in [3.05, 3.63) is 64.2 Å². The maximum atomic E-state index is 13.2. The van der Waals surface area contributed by atoms with Crippen molar-refractivity contribution >= 4 is 5.97 Å². The van der Waals surface area contributed by atoms with Gasteiger partial charge in [0.2, 0.25) is 0 Å². The lowest BCUT2D eigenvalue weighted by atomic mass is 9.77. The Balaban J connectivity index is 2.14. The number of nitriles is 1. The summed E-state index contributed by atoms with van der Waals surface area (Å²) in [5.74, 6) is 0.284. The Morgan fingerprint density at radius 3 is 2.43 bits per heavy atom. The summed E-state index contributed by atoms with van der Waals surface area (Å²) in [6.07, 6.45) is 1.37. The maximum absolute atomic E-state index is 13.2. The van der Waals surface area contributed by atoms with Gasteiger partial charge in [0.1, 0.15) is 5.75 Å². The molecule has 35 heavy (non-hydrogen) atoms. The molecular formula is C28H38N2O5. The van der Waals surface area contributed by atoms with Gasteiger partial charge < -0.3 is 24.6 Å². The van der Waals surface area contributed by atoms with Crippen molar-refractivity contribution in [3.63, 3.8) is 0 Å². The van der Waals surface area contributed by atoms with Gasteiger partial charge in [-0.15, -0.1) is 0 Å². The normalized spacial score (nSPS) is 12.9. The Morgan fingerprint density at radius 1 is 1.11 bits per heavy atom. The molecule has 0 aliphatic carbocycles. The first-order chi connectivity index (χ1) is 16.7. The molecule has 1 atom stereocenters. The summed E-state index contributed by atoms with van der Waals surface area (Å²) in [5, 5.41) is 29.5. The molecule has 0 fully saturated rings. The molecule has 0 amide bonds. The molecular weight excluding hydrogens is 444 g/mol. The van der Waals surface area contributed by atoms with Crippen LogP contribution in [0.5, 0.6) is 5.75 Å². The number of aliphatic hydroxyl groups is 2. The third-order valence-corrected chi connectivity index (χ3v) is 6.27. The van der Waals surface area contributed by atoms with Crippen LogP contribution in [0.4, 0.5) is 0 Å². The summed E-state index contributed by atoms with van der Waals surface area (Å²) >= 11 is 0. The first-order valence-corrected chi connectivity index (χ1v) is 12.0. The minimum absolute atomic E-state index is 0.232. The predicted octanol–water partition coefficient (Wildman–Crippen LogP) is 3.66. The highest BCUT2D eigenvalue weighted by Gasteiger charge is 2.42. The van der Waals surface area contributed by atoms with Crippen LogP contribution in [0.25, 0.3) is 0 Å². The van der Waals surface area contributed by atoms with Gasteiger partial charge in [-0.1, -0.05) is 30.3 Å². The summed E-state index contributed by atoms with van der Waals surface area (Å²) in [5.41, 5.74) is 2.32. The van der Waals surface area contributed by atoms with E-state index in [0.717, 1.165) is 24.3 Å². The number of aryl methyl sites for hydroxylation is 1. The van der Waals surface area contributed by atoms with Crippen molar-refractivity contribution in [2.24, 2.45) is 0 Å². The van der Waals surface area contributed by atoms with Crippen molar-refractivity contribution in [2.75, 3.05) is 27.2 Å². The molecule has 0 heterocycles. The Labute approximate surface area is 208 Å². The van der Waals surface area contributed by atoms with Crippen LogP contribution in [0.2, 0.25) is 0 Å². The molecule has 0 spiro atoms. The summed E-state index contributed by atoms with van der Waals surface area (Å²) < 4.78 is 10.9. The number of esters is 1. The van der Waals surface area contributed by atoms with Crippen LogP contribution in [-0.4, -0.2) is 54.4 Å².